The Hall–Kier alpha value is -2.54. The Bertz CT molecular complexity index is 1150. The minimum atomic E-state index is -2.21. The highest BCUT2D eigenvalue weighted by molar-refractivity contribution is 9.10. The van der Waals surface area contributed by atoms with Crippen molar-refractivity contribution in [2.45, 2.75) is 39.5 Å². The Morgan fingerprint density at radius 3 is 1.62 bits per heavy atom. The normalized spacial score (nSPS) is 12.2. The molecule has 0 saturated carbocycles. The number of halogens is 6. The number of rotatable bonds is 5. The summed E-state index contributed by atoms with van der Waals surface area (Å²) in [6, 6.07) is 11.9. The minimum absolute atomic E-state index is 0.00398. The van der Waals surface area contributed by atoms with E-state index in [0.29, 0.717) is 10.2 Å². The molecule has 0 aliphatic rings. The molecule has 7 heteroatoms. The maximum absolute atomic E-state index is 14.9. The number of para-hydroxylation sites is 1. The maximum atomic E-state index is 14.9. The standard InChI is InChI=1S/C25H21BrF5N/c1-12(2)14-9-7-10-15(13(3)4)24(14)32-25(16-8-5-6-11-17(16)26)18-19(27)21(29)23(31)22(30)20(18)28/h5-13H,1-4H3. The van der Waals surface area contributed by atoms with Crippen LogP contribution in [0, 0.1) is 29.1 Å². The molecule has 0 aliphatic carbocycles. The van der Waals surface area contributed by atoms with E-state index >= 15 is 0 Å². The van der Waals surface area contributed by atoms with Crippen LogP contribution in [0.15, 0.2) is 51.9 Å². The summed E-state index contributed by atoms with van der Waals surface area (Å²) in [4.78, 5) is 4.59. The molecule has 1 nitrogen and oxygen atoms in total. The van der Waals surface area contributed by atoms with Gasteiger partial charge in [-0.05, 0) is 29.0 Å². The number of hydrogen-bond acceptors (Lipinski definition) is 1. The highest BCUT2D eigenvalue weighted by Gasteiger charge is 2.30. The van der Waals surface area contributed by atoms with E-state index in [9.17, 15) is 22.0 Å². The molecular weight excluding hydrogens is 489 g/mol. The van der Waals surface area contributed by atoms with Gasteiger partial charge in [0.25, 0.3) is 0 Å². The van der Waals surface area contributed by atoms with Crippen molar-refractivity contribution in [3.05, 3.63) is 98.3 Å². The number of aliphatic imine (C=N–C) groups is 1. The zero-order chi connectivity index (χ0) is 23.7. The van der Waals surface area contributed by atoms with Gasteiger partial charge in [0.1, 0.15) is 0 Å². The van der Waals surface area contributed by atoms with Crippen LogP contribution in [0.5, 0.6) is 0 Å². The molecule has 0 aromatic heterocycles. The number of hydrogen-bond donors (Lipinski definition) is 0. The summed E-state index contributed by atoms with van der Waals surface area (Å²) in [6.07, 6.45) is 0. The molecule has 0 N–H and O–H groups in total. The molecule has 168 valence electrons. The van der Waals surface area contributed by atoms with Gasteiger partial charge in [-0.2, -0.15) is 0 Å². The summed E-state index contributed by atoms with van der Waals surface area (Å²) in [5.41, 5.74) is 0.826. The SMILES string of the molecule is CC(C)c1cccc(C(C)C)c1N=C(c1ccccc1Br)c1c(F)c(F)c(F)c(F)c1F. The van der Waals surface area contributed by atoms with Crippen LogP contribution in [0.2, 0.25) is 0 Å². The molecule has 0 spiro atoms. The largest absolute Gasteiger partial charge is 0.247 e. The van der Waals surface area contributed by atoms with E-state index < -0.39 is 34.6 Å². The predicted octanol–water partition coefficient (Wildman–Crippen LogP) is 8.56. The Kier molecular flexibility index (Phi) is 7.18. The van der Waals surface area contributed by atoms with Gasteiger partial charge in [-0.1, -0.05) is 80.0 Å². The van der Waals surface area contributed by atoms with E-state index in [4.69, 9.17) is 0 Å². The van der Waals surface area contributed by atoms with Crippen LogP contribution in [-0.4, -0.2) is 5.71 Å². The first-order chi connectivity index (χ1) is 15.1. The lowest BCUT2D eigenvalue weighted by Gasteiger charge is -2.19. The van der Waals surface area contributed by atoms with Crippen molar-refractivity contribution in [1.82, 2.24) is 0 Å². The molecule has 3 rings (SSSR count). The zero-order valence-corrected chi connectivity index (χ0v) is 19.5. The Morgan fingerprint density at radius 1 is 0.688 bits per heavy atom. The summed E-state index contributed by atoms with van der Waals surface area (Å²) in [7, 11) is 0. The molecule has 0 fully saturated rings. The minimum Gasteiger partial charge on any atom is -0.247 e. The van der Waals surface area contributed by atoms with E-state index in [1.165, 1.54) is 6.07 Å². The Labute approximate surface area is 192 Å². The van der Waals surface area contributed by atoms with Gasteiger partial charge in [0, 0.05) is 10.0 Å². The van der Waals surface area contributed by atoms with E-state index in [1.807, 2.05) is 45.9 Å². The second-order valence-electron chi connectivity index (χ2n) is 7.98. The highest BCUT2D eigenvalue weighted by atomic mass is 79.9. The molecule has 3 aromatic rings. The smallest absolute Gasteiger partial charge is 0.200 e. The van der Waals surface area contributed by atoms with Crippen LogP contribution < -0.4 is 0 Å². The second kappa shape index (κ2) is 9.53. The fourth-order valence-electron chi connectivity index (χ4n) is 3.47. The van der Waals surface area contributed by atoms with Crippen LogP contribution in [0.25, 0.3) is 0 Å². The molecule has 32 heavy (non-hydrogen) atoms. The van der Waals surface area contributed by atoms with Crippen molar-refractivity contribution in [3.63, 3.8) is 0 Å². The van der Waals surface area contributed by atoms with Gasteiger partial charge in [-0.25, -0.2) is 26.9 Å². The molecular formula is C25H21BrF5N. The summed E-state index contributed by atoms with van der Waals surface area (Å²) >= 11 is 3.32. The van der Waals surface area contributed by atoms with Crippen molar-refractivity contribution >= 4 is 27.3 Å². The average Bonchev–Trinajstić information content (AvgIpc) is 2.76. The van der Waals surface area contributed by atoms with Crippen molar-refractivity contribution in [2.24, 2.45) is 4.99 Å². The summed E-state index contributed by atoms with van der Waals surface area (Å²) in [5.74, 6) is -10.1. The molecule has 0 radical (unpaired) electrons. The van der Waals surface area contributed by atoms with Gasteiger partial charge in [0.15, 0.2) is 23.3 Å². The monoisotopic (exact) mass is 509 g/mol. The number of benzene rings is 3. The molecule has 0 saturated heterocycles. The van der Waals surface area contributed by atoms with Gasteiger partial charge < -0.3 is 0 Å². The van der Waals surface area contributed by atoms with Crippen molar-refractivity contribution in [2.75, 3.05) is 0 Å². The zero-order valence-electron chi connectivity index (χ0n) is 17.9. The van der Waals surface area contributed by atoms with Gasteiger partial charge >= 0.3 is 0 Å². The van der Waals surface area contributed by atoms with E-state index in [2.05, 4.69) is 20.9 Å². The molecule has 0 bridgehead atoms. The number of nitrogens with zero attached hydrogens (tertiary/aromatic N) is 1. The lowest BCUT2D eigenvalue weighted by molar-refractivity contribution is 0.377. The lowest BCUT2D eigenvalue weighted by Crippen LogP contribution is -2.15. The molecule has 0 amide bonds. The molecule has 3 aromatic carbocycles. The molecule has 0 aliphatic heterocycles. The second-order valence-corrected chi connectivity index (χ2v) is 8.83. The fraction of sp³-hybridized carbons (Fsp3) is 0.240. The maximum Gasteiger partial charge on any atom is 0.200 e. The van der Waals surface area contributed by atoms with Crippen molar-refractivity contribution in [3.8, 4) is 0 Å². The Morgan fingerprint density at radius 2 is 1.16 bits per heavy atom. The molecule has 0 atom stereocenters. The average molecular weight is 510 g/mol. The first-order valence-electron chi connectivity index (χ1n) is 10.0. The fourth-order valence-corrected chi connectivity index (χ4v) is 3.94. The van der Waals surface area contributed by atoms with E-state index in [0.717, 1.165) is 11.1 Å². The summed E-state index contributed by atoms with van der Waals surface area (Å²) < 4.78 is 72.1. The van der Waals surface area contributed by atoms with Gasteiger partial charge in [0.2, 0.25) is 5.82 Å². The van der Waals surface area contributed by atoms with Gasteiger partial charge in [-0.15, -0.1) is 0 Å². The van der Waals surface area contributed by atoms with Crippen molar-refractivity contribution in [1.29, 1.82) is 0 Å². The highest BCUT2D eigenvalue weighted by Crippen LogP contribution is 2.37. The molecule has 0 unspecified atom stereocenters. The Balaban J connectivity index is 2.50. The lowest BCUT2D eigenvalue weighted by atomic mass is 9.92. The first kappa shape index (κ1) is 24.1. The third-order valence-corrected chi connectivity index (χ3v) is 5.83. The van der Waals surface area contributed by atoms with Gasteiger partial charge in [-0.3, -0.25) is 0 Å². The molecule has 0 heterocycles. The quantitative estimate of drug-likeness (QED) is 0.141. The topological polar surface area (TPSA) is 12.4 Å². The van der Waals surface area contributed by atoms with Crippen LogP contribution in [0.3, 0.4) is 0 Å². The summed E-state index contributed by atoms with van der Waals surface area (Å²) in [6.45, 7) is 7.76. The third-order valence-electron chi connectivity index (χ3n) is 5.14. The predicted molar refractivity (Wildman–Crippen MR) is 120 cm³/mol. The van der Waals surface area contributed by atoms with Crippen LogP contribution in [0.1, 0.15) is 61.8 Å². The van der Waals surface area contributed by atoms with Crippen LogP contribution in [-0.2, 0) is 0 Å². The van der Waals surface area contributed by atoms with Crippen LogP contribution >= 0.6 is 15.9 Å². The van der Waals surface area contributed by atoms with E-state index in [-0.39, 0.29) is 23.1 Å². The third kappa shape index (κ3) is 4.35. The van der Waals surface area contributed by atoms with E-state index in [1.54, 1.807) is 18.2 Å². The summed E-state index contributed by atoms with van der Waals surface area (Å²) in [5, 5.41) is 0. The van der Waals surface area contributed by atoms with Crippen LogP contribution in [0.4, 0.5) is 27.6 Å². The van der Waals surface area contributed by atoms with Crippen molar-refractivity contribution < 1.29 is 22.0 Å². The first-order valence-corrected chi connectivity index (χ1v) is 10.8. The van der Waals surface area contributed by atoms with Gasteiger partial charge in [0.05, 0.1) is 17.0 Å².